The number of nitrogens with zero attached hydrogens (tertiary/aromatic N) is 4. The SMILES string of the molecule is CCn1c(CCCNC(C)=O)nnc1SCC(=O)c1ccc([N+](=O)[O-])cc1. The van der Waals surface area contributed by atoms with E-state index in [4.69, 9.17) is 0 Å². The molecule has 0 aliphatic heterocycles. The second kappa shape index (κ2) is 9.81. The Kier molecular flexibility index (Phi) is 7.47. The van der Waals surface area contributed by atoms with Crippen LogP contribution in [0.25, 0.3) is 0 Å². The highest BCUT2D eigenvalue weighted by molar-refractivity contribution is 7.99. The molecule has 27 heavy (non-hydrogen) atoms. The maximum Gasteiger partial charge on any atom is 0.269 e. The minimum Gasteiger partial charge on any atom is -0.356 e. The van der Waals surface area contributed by atoms with Crippen LogP contribution in [0.2, 0.25) is 0 Å². The van der Waals surface area contributed by atoms with Gasteiger partial charge in [0.05, 0.1) is 10.7 Å². The molecule has 1 aromatic carbocycles. The van der Waals surface area contributed by atoms with E-state index in [-0.39, 0.29) is 23.1 Å². The number of Topliss-reactive ketones (excluding diaryl/α,β-unsaturated/α-hetero) is 1. The largest absolute Gasteiger partial charge is 0.356 e. The lowest BCUT2D eigenvalue weighted by Gasteiger charge is -2.07. The van der Waals surface area contributed by atoms with Crippen molar-refractivity contribution in [1.29, 1.82) is 0 Å². The van der Waals surface area contributed by atoms with Gasteiger partial charge in [-0.3, -0.25) is 19.7 Å². The highest BCUT2D eigenvalue weighted by atomic mass is 32.2. The molecule has 0 radical (unpaired) electrons. The number of hydrogen-bond donors (Lipinski definition) is 1. The third kappa shape index (κ3) is 5.88. The highest BCUT2D eigenvalue weighted by Crippen LogP contribution is 2.20. The van der Waals surface area contributed by atoms with Crippen LogP contribution < -0.4 is 5.32 Å². The van der Waals surface area contributed by atoms with Crippen LogP contribution in [0.3, 0.4) is 0 Å². The van der Waals surface area contributed by atoms with Crippen molar-refractivity contribution in [1.82, 2.24) is 20.1 Å². The number of aromatic nitrogens is 3. The first-order valence-electron chi connectivity index (χ1n) is 8.49. The van der Waals surface area contributed by atoms with Crippen LogP contribution in [-0.2, 0) is 17.8 Å². The van der Waals surface area contributed by atoms with Crippen molar-refractivity contribution in [2.75, 3.05) is 12.3 Å². The van der Waals surface area contributed by atoms with Crippen molar-refractivity contribution in [2.45, 2.75) is 38.4 Å². The molecule has 0 unspecified atom stereocenters. The lowest BCUT2D eigenvalue weighted by molar-refractivity contribution is -0.384. The summed E-state index contributed by atoms with van der Waals surface area (Å²) in [6.07, 6.45) is 1.43. The number of hydrogen-bond acceptors (Lipinski definition) is 7. The third-order valence-electron chi connectivity index (χ3n) is 3.79. The molecule has 0 saturated heterocycles. The van der Waals surface area contributed by atoms with Crippen molar-refractivity contribution in [2.24, 2.45) is 0 Å². The Labute approximate surface area is 160 Å². The molecular formula is C17H21N5O4S. The number of amides is 1. The van der Waals surface area contributed by atoms with E-state index in [0.717, 1.165) is 12.2 Å². The van der Waals surface area contributed by atoms with E-state index in [0.29, 0.717) is 30.2 Å². The quantitative estimate of drug-likeness (QED) is 0.217. The molecule has 0 spiro atoms. The van der Waals surface area contributed by atoms with E-state index in [1.54, 1.807) is 0 Å². The summed E-state index contributed by atoms with van der Waals surface area (Å²) in [4.78, 5) is 33.4. The Morgan fingerprint density at radius 3 is 2.56 bits per heavy atom. The monoisotopic (exact) mass is 391 g/mol. The Hall–Kier alpha value is -2.75. The molecule has 1 N–H and O–H groups in total. The average molecular weight is 391 g/mol. The van der Waals surface area contributed by atoms with Crippen LogP contribution in [0.1, 0.15) is 36.5 Å². The molecule has 2 aromatic rings. The van der Waals surface area contributed by atoms with Crippen LogP contribution in [0.5, 0.6) is 0 Å². The van der Waals surface area contributed by atoms with Crippen molar-refractivity contribution < 1.29 is 14.5 Å². The van der Waals surface area contributed by atoms with E-state index in [2.05, 4.69) is 15.5 Å². The summed E-state index contributed by atoms with van der Waals surface area (Å²) in [6, 6.07) is 5.55. The lowest BCUT2D eigenvalue weighted by atomic mass is 10.1. The first-order chi connectivity index (χ1) is 12.9. The molecular weight excluding hydrogens is 370 g/mol. The number of rotatable bonds is 10. The van der Waals surface area contributed by atoms with E-state index >= 15 is 0 Å². The molecule has 1 heterocycles. The summed E-state index contributed by atoms with van der Waals surface area (Å²) in [7, 11) is 0. The summed E-state index contributed by atoms with van der Waals surface area (Å²) in [5.74, 6) is 0.788. The summed E-state index contributed by atoms with van der Waals surface area (Å²) in [6.45, 7) is 4.71. The predicted molar refractivity (Wildman–Crippen MR) is 101 cm³/mol. The molecule has 0 fully saturated rings. The zero-order valence-electron chi connectivity index (χ0n) is 15.2. The Bertz CT molecular complexity index is 819. The van der Waals surface area contributed by atoms with Gasteiger partial charge in [-0.1, -0.05) is 11.8 Å². The predicted octanol–water partition coefficient (Wildman–Crippen LogP) is 2.25. The van der Waals surface area contributed by atoms with Gasteiger partial charge >= 0.3 is 0 Å². The molecule has 0 aliphatic carbocycles. The molecule has 0 aliphatic rings. The van der Waals surface area contributed by atoms with Crippen molar-refractivity contribution >= 4 is 29.1 Å². The smallest absolute Gasteiger partial charge is 0.269 e. The molecule has 1 aromatic heterocycles. The number of aryl methyl sites for hydroxylation is 1. The van der Waals surface area contributed by atoms with Crippen molar-refractivity contribution in [3.8, 4) is 0 Å². The Morgan fingerprint density at radius 2 is 1.96 bits per heavy atom. The van der Waals surface area contributed by atoms with Crippen LogP contribution in [0.15, 0.2) is 29.4 Å². The van der Waals surface area contributed by atoms with E-state index in [1.165, 1.54) is 43.0 Å². The number of benzene rings is 1. The molecule has 2 rings (SSSR count). The molecule has 9 nitrogen and oxygen atoms in total. The Balaban J connectivity index is 1.93. The molecule has 1 amide bonds. The second-order valence-electron chi connectivity index (χ2n) is 5.75. The lowest BCUT2D eigenvalue weighted by Crippen LogP contribution is -2.21. The van der Waals surface area contributed by atoms with Crippen LogP contribution in [-0.4, -0.2) is 43.7 Å². The average Bonchev–Trinajstić information content (AvgIpc) is 3.05. The van der Waals surface area contributed by atoms with E-state index in [1.807, 2.05) is 11.5 Å². The number of nitrogens with one attached hydrogen (secondary N) is 1. The van der Waals surface area contributed by atoms with Gasteiger partial charge in [-0.15, -0.1) is 10.2 Å². The molecule has 144 valence electrons. The van der Waals surface area contributed by atoms with Gasteiger partial charge in [0.25, 0.3) is 5.69 Å². The van der Waals surface area contributed by atoms with Gasteiger partial charge in [-0.05, 0) is 25.5 Å². The van der Waals surface area contributed by atoms with Gasteiger partial charge in [0.15, 0.2) is 10.9 Å². The molecule has 0 bridgehead atoms. The molecule has 10 heteroatoms. The fourth-order valence-corrected chi connectivity index (χ4v) is 3.34. The minimum atomic E-state index is -0.500. The fourth-order valence-electron chi connectivity index (χ4n) is 2.42. The van der Waals surface area contributed by atoms with Gasteiger partial charge < -0.3 is 9.88 Å². The normalized spacial score (nSPS) is 10.6. The number of carbonyl (C=O) groups excluding carboxylic acids is 2. The maximum absolute atomic E-state index is 12.3. The maximum atomic E-state index is 12.3. The first kappa shape index (κ1) is 20.6. The number of ketones is 1. The van der Waals surface area contributed by atoms with Gasteiger partial charge in [-0.2, -0.15) is 0 Å². The number of thioether (sulfide) groups is 1. The summed E-state index contributed by atoms with van der Waals surface area (Å²) >= 11 is 1.29. The van der Waals surface area contributed by atoms with Crippen LogP contribution in [0.4, 0.5) is 5.69 Å². The first-order valence-corrected chi connectivity index (χ1v) is 9.48. The highest BCUT2D eigenvalue weighted by Gasteiger charge is 2.15. The summed E-state index contributed by atoms with van der Waals surface area (Å²) < 4.78 is 1.95. The van der Waals surface area contributed by atoms with E-state index in [9.17, 15) is 19.7 Å². The topological polar surface area (TPSA) is 120 Å². The number of carbonyl (C=O) groups is 2. The second-order valence-corrected chi connectivity index (χ2v) is 6.69. The number of nitro benzene ring substituents is 1. The zero-order chi connectivity index (χ0) is 19.8. The van der Waals surface area contributed by atoms with Crippen LogP contribution >= 0.6 is 11.8 Å². The standard InChI is InChI=1S/C17H21N5O4S/c1-3-21-16(5-4-10-18-12(2)23)19-20-17(21)27-11-15(24)13-6-8-14(9-7-13)22(25)26/h6-9H,3-5,10-11H2,1-2H3,(H,18,23). The fraction of sp³-hybridized carbons (Fsp3) is 0.412. The Morgan fingerprint density at radius 1 is 1.26 bits per heavy atom. The van der Waals surface area contributed by atoms with Crippen molar-refractivity contribution in [3.05, 3.63) is 45.8 Å². The number of nitro groups is 1. The van der Waals surface area contributed by atoms with Gasteiger partial charge in [0.1, 0.15) is 5.82 Å². The van der Waals surface area contributed by atoms with E-state index < -0.39 is 4.92 Å². The van der Waals surface area contributed by atoms with Gasteiger partial charge in [-0.25, -0.2) is 0 Å². The molecule has 0 atom stereocenters. The zero-order valence-corrected chi connectivity index (χ0v) is 16.0. The van der Waals surface area contributed by atoms with Crippen LogP contribution in [0, 0.1) is 10.1 Å². The molecule has 0 saturated carbocycles. The third-order valence-corrected chi connectivity index (χ3v) is 4.76. The summed E-state index contributed by atoms with van der Waals surface area (Å²) in [5, 5.41) is 22.4. The number of non-ortho nitro benzene ring substituents is 1. The van der Waals surface area contributed by atoms with Crippen molar-refractivity contribution in [3.63, 3.8) is 0 Å². The van der Waals surface area contributed by atoms with Gasteiger partial charge in [0, 0.05) is 44.1 Å². The summed E-state index contributed by atoms with van der Waals surface area (Å²) in [5.41, 5.74) is 0.375. The van der Waals surface area contributed by atoms with Gasteiger partial charge in [0.2, 0.25) is 5.91 Å². The minimum absolute atomic E-state index is 0.0474.